The number of anilines is 1. The van der Waals surface area contributed by atoms with Crippen LogP contribution in [0.3, 0.4) is 0 Å². The molecule has 0 spiro atoms. The van der Waals surface area contributed by atoms with Gasteiger partial charge in [-0.1, -0.05) is 15.9 Å². The van der Waals surface area contributed by atoms with Crippen LogP contribution >= 0.6 is 15.9 Å². The summed E-state index contributed by atoms with van der Waals surface area (Å²) in [6, 6.07) is 5.33. The Kier molecular flexibility index (Phi) is 4.03. The summed E-state index contributed by atoms with van der Waals surface area (Å²) in [7, 11) is 0. The fourth-order valence-corrected chi connectivity index (χ4v) is 1.86. The van der Waals surface area contributed by atoms with E-state index in [2.05, 4.69) is 41.9 Å². The number of hydrogen-bond acceptors (Lipinski definition) is 5. The summed E-state index contributed by atoms with van der Waals surface area (Å²) < 4.78 is 6.06. The number of nitrogens with zero attached hydrogens (tertiary/aromatic N) is 3. The normalized spacial score (nSPS) is 11.2. The summed E-state index contributed by atoms with van der Waals surface area (Å²) in [4.78, 5) is 11.8. The predicted molar refractivity (Wildman–Crippen MR) is 77.2 cm³/mol. The van der Waals surface area contributed by atoms with E-state index in [9.17, 15) is 4.79 Å². The molecule has 0 saturated heterocycles. The van der Waals surface area contributed by atoms with Gasteiger partial charge in [-0.2, -0.15) is 5.21 Å². The van der Waals surface area contributed by atoms with Crippen molar-refractivity contribution in [2.75, 3.05) is 5.32 Å². The van der Waals surface area contributed by atoms with E-state index in [1.54, 1.807) is 39.0 Å². The minimum absolute atomic E-state index is 0.386. The van der Waals surface area contributed by atoms with Crippen molar-refractivity contribution in [3.8, 4) is 11.4 Å². The highest BCUT2D eigenvalue weighted by atomic mass is 79.9. The monoisotopic (exact) mass is 339 g/mol. The summed E-state index contributed by atoms with van der Waals surface area (Å²) >= 11 is 3.37. The van der Waals surface area contributed by atoms with Crippen molar-refractivity contribution >= 4 is 27.7 Å². The van der Waals surface area contributed by atoms with Crippen molar-refractivity contribution in [1.29, 1.82) is 0 Å². The van der Waals surface area contributed by atoms with Crippen molar-refractivity contribution < 1.29 is 9.53 Å². The summed E-state index contributed by atoms with van der Waals surface area (Å²) in [5.74, 6) is 0.386. The van der Waals surface area contributed by atoms with E-state index >= 15 is 0 Å². The highest BCUT2D eigenvalue weighted by Crippen LogP contribution is 2.28. The highest BCUT2D eigenvalue weighted by molar-refractivity contribution is 9.10. The Morgan fingerprint density at radius 2 is 2.15 bits per heavy atom. The molecular weight excluding hydrogens is 326 g/mol. The molecule has 0 saturated carbocycles. The molecule has 1 aromatic carbocycles. The number of hydrogen-bond donors (Lipinski definition) is 2. The van der Waals surface area contributed by atoms with E-state index in [1.807, 2.05) is 0 Å². The second-order valence-electron chi connectivity index (χ2n) is 5.05. The van der Waals surface area contributed by atoms with Crippen LogP contribution in [0.15, 0.2) is 22.7 Å². The molecule has 106 valence electrons. The van der Waals surface area contributed by atoms with Crippen molar-refractivity contribution in [3.63, 3.8) is 0 Å². The second-order valence-corrected chi connectivity index (χ2v) is 5.97. The standard InChI is InChI=1S/C12H14BrN5O2/c1-12(2,3)20-11(19)14-9-5-4-7(13)6-8(9)10-15-17-18-16-10/h4-6H,1-3H3,(H,14,19)(H,15,16,17,18). The van der Waals surface area contributed by atoms with E-state index < -0.39 is 11.7 Å². The molecular formula is C12H14BrN5O2. The third-order valence-electron chi connectivity index (χ3n) is 2.20. The highest BCUT2D eigenvalue weighted by Gasteiger charge is 2.18. The third-order valence-corrected chi connectivity index (χ3v) is 2.70. The zero-order valence-corrected chi connectivity index (χ0v) is 12.9. The molecule has 0 aliphatic heterocycles. The molecule has 0 aliphatic rings. The number of rotatable bonds is 2. The van der Waals surface area contributed by atoms with Crippen LogP contribution < -0.4 is 5.32 Å². The van der Waals surface area contributed by atoms with Crippen molar-refractivity contribution in [1.82, 2.24) is 20.6 Å². The average molecular weight is 340 g/mol. The maximum atomic E-state index is 11.8. The maximum absolute atomic E-state index is 11.8. The van der Waals surface area contributed by atoms with Crippen LogP contribution in [-0.4, -0.2) is 32.3 Å². The molecule has 2 rings (SSSR count). The largest absolute Gasteiger partial charge is 0.444 e. The lowest BCUT2D eigenvalue weighted by Gasteiger charge is -2.20. The summed E-state index contributed by atoms with van der Waals surface area (Å²) in [5, 5.41) is 16.4. The first-order valence-electron chi connectivity index (χ1n) is 5.88. The third kappa shape index (κ3) is 3.77. The minimum Gasteiger partial charge on any atom is -0.444 e. The molecule has 0 atom stereocenters. The van der Waals surface area contributed by atoms with Crippen LogP contribution in [0.25, 0.3) is 11.4 Å². The van der Waals surface area contributed by atoms with Crippen LogP contribution in [0.4, 0.5) is 10.5 Å². The number of benzene rings is 1. The van der Waals surface area contributed by atoms with Gasteiger partial charge in [-0.15, -0.1) is 10.2 Å². The smallest absolute Gasteiger partial charge is 0.412 e. The lowest BCUT2D eigenvalue weighted by atomic mass is 10.1. The molecule has 20 heavy (non-hydrogen) atoms. The zero-order valence-electron chi connectivity index (χ0n) is 11.3. The molecule has 0 radical (unpaired) electrons. The second kappa shape index (κ2) is 5.58. The fourth-order valence-electron chi connectivity index (χ4n) is 1.50. The Hall–Kier alpha value is -1.96. The molecule has 0 aliphatic carbocycles. The Morgan fingerprint density at radius 3 is 2.75 bits per heavy atom. The lowest BCUT2D eigenvalue weighted by molar-refractivity contribution is 0.0636. The van der Waals surface area contributed by atoms with Crippen LogP contribution in [0.5, 0.6) is 0 Å². The molecule has 2 aromatic rings. The molecule has 1 aromatic heterocycles. The van der Waals surface area contributed by atoms with Crippen LogP contribution in [-0.2, 0) is 4.74 Å². The number of nitrogens with one attached hydrogen (secondary N) is 2. The van der Waals surface area contributed by atoms with Gasteiger partial charge in [0, 0.05) is 10.0 Å². The SMILES string of the molecule is CC(C)(C)OC(=O)Nc1ccc(Br)cc1-c1nn[nH]n1. The number of aromatic nitrogens is 4. The summed E-state index contributed by atoms with van der Waals surface area (Å²) in [6.07, 6.45) is -0.537. The topological polar surface area (TPSA) is 92.8 Å². The number of ether oxygens (including phenoxy) is 1. The molecule has 8 heteroatoms. The molecule has 0 fully saturated rings. The van der Waals surface area contributed by atoms with Gasteiger partial charge in [-0.05, 0) is 44.2 Å². The summed E-state index contributed by atoms with van der Waals surface area (Å²) in [6.45, 7) is 5.40. The first-order chi connectivity index (χ1) is 9.35. The van der Waals surface area contributed by atoms with Crippen molar-refractivity contribution in [2.45, 2.75) is 26.4 Å². The first kappa shape index (κ1) is 14.4. The number of aromatic amines is 1. The Bertz CT molecular complexity index is 607. The molecule has 1 heterocycles. The van der Waals surface area contributed by atoms with Crippen LogP contribution in [0.1, 0.15) is 20.8 Å². The molecule has 0 bridgehead atoms. The van der Waals surface area contributed by atoms with Crippen LogP contribution in [0, 0.1) is 0 Å². The van der Waals surface area contributed by atoms with Gasteiger partial charge in [-0.25, -0.2) is 4.79 Å². The molecule has 1 amide bonds. The maximum Gasteiger partial charge on any atom is 0.412 e. The fraction of sp³-hybridized carbons (Fsp3) is 0.333. The number of carbonyl (C=O) groups excluding carboxylic acids is 1. The average Bonchev–Trinajstić information content (AvgIpc) is 2.82. The predicted octanol–water partition coefficient (Wildman–Crippen LogP) is 2.98. The Balaban J connectivity index is 2.26. The van der Waals surface area contributed by atoms with E-state index in [-0.39, 0.29) is 0 Å². The number of tetrazole rings is 1. The van der Waals surface area contributed by atoms with Gasteiger partial charge in [0.1, 0.15) is 5.60 Å². The first-order valence-corrected chi connectivity index (χ1v) is 6.68. The Morgan fingerprint density at radius 1 is 1.40 bits per heavy atom. The van der Waals surface area contributed by atoms with E-state index in [0.29, 0.717) is 17.1 Å². The van der Waals surface area contributed by atoms with E-state index in [0.717, 1.165) is 4.47 Å². The number of amides is 1. The molecule has 7 nitrogen and oxygen atoms in total. The van der Waals surface area contributed by atoms with Gasteiger partial charge in [0.2, 0.25) is 5.82 Å². The van der Waals surface area contributed by atoms with E-state index in [4.69, 9.17) is 4.74 Å². The number of H-pyrrole nitrogens is 1. The molecule has 0 unspecified atom stereocenters. The zero-order chi connectivity index (χ0) is 14.8. The van der Waals surface area contributed by atoms with Crippen molar-refractivity contribution in [3.05, 3.63) is 22.7 Å². The lowest BCUT2D eigenvalue weighted by Crippen LogP contribution is -2.27. The quantitative estimate of drug-likeness (QED) is 0.877. The van der Waals surface area contributed by atoms with Crippen LogP contribution in [0.2, 0.25) is 0 Å². The van der Waals surface area contributed by atoms with Gasteiger partial charge >= 0.3 is 6.09 Å². The van der Waals surface area contributed by atoms with E-state index in [1.165, 1.54) is 0 Å². The number of halogens is 1. The van der Waals surface area contributed by atoms with Gasteiger partial charge in [-0.3, -0.25) is 5.32 Å². The van der Waals surface area contributed by atoms with Gasteiger partial charge in [0.25, 0.3) is 0 Å². The van der Waals surface area contributed by atoms with Gasteiger partial charge in [0.05, 0.1) is 5.69 Å². The van der Waals surface area contributed by atoms with Crippen molar-refractivity contribution in [2.24, 2.45) is 0 Å². The number of carbonyl (C=O) groups is 1. The van der Waals surface area contributed by atoms with Gasteiger partial charge in [0.15, 0.2) is 0 Å². The Labute approximate surface area is 124 Å². The minimum atomic E-state index is -0.564. The molecule has 2 N–H and O–H groups in total. The van der Waals surface area contributed by atoms with Gasteiger partial charge < -0.3 is 4.74 Å². The summed E-state index contributed by atoms with van der Waals surface area (Å²) in [5.41, 5.74) is 0.619.